The van der Waals surface area contributed by atoms with Crippen molar-refractivity contribution in [2.24, 2.45) is 0 Å². The summed E-state index contributed by atoms with van der Waals surface area (Å²) in [7, 11) is -3.39. The van der Waals surface area contributed by atoms with Crippen molar-refractivity contribution in [3.63, 3.8) is 0 Å². The highest BCUT2D eigenvalue weighted by molar-refractivity contribution is 9.10. The van der Waals surface area contributed by atoms with Crippen LogP contribution in [0.25, 0.3) is 11.0 Å². The number of nitrogens with one attached hydrogen (secondary N) is 2. The van der Waals surface area contributed by atoms with Crippen molar-refractivity contribution < 1.29 is 13.2 Å². The minimum Gasteiger partial charge on any atom is -0.306 e. The van der Waals surface area contributed by atoms with Gasteiger partial charge in [0.25, 0.3) is 0 Å². The van der Waals surface area contributed by atoms with E-state index in [1.165, 1.54) is 6.07 Å². The second-order valence-electron chi connectivity index (χ2n) is 5.17. The molecule has 6 nitrogen and oxygen atoms in total. The number of ketones is 1. The summed E-state index contributed by atoms with van der Waals surface area (Å²) in [6.07, 6.45) is 1.70. The number of imidazole rings is 1. The van der Waals surface area contributed by atoms with Crippen LogP contribution in [0.5, 0.6) is 0 Å². The van der Waals surface area contributed by atoms with Gasteiger partial charge in [-0.25, -0.2) is 13.2 Å². The normalized spacial score (nSPS) is 21.5. The molecule has 2 heterocycles. The first-order valence-electron chi connectivity index (χ1n) is 6.56. The molecule has 2 N–H and O–H groups in total. The van der Waals surface area contributed by atoms with Crippen LogP contribution in [-0.4, -0.2) is 35.2 Å². The van der Waals surface area contributed by atoms with Gasteiger partial charge in [-0.1, -0.05) is 6.42 Å². The minimum absolute atomic E-state index is 0.0598. The Hall–Kier alpha value is -1.41. The third-order valence-electron chi connectivity index (χ3n) is 3.74. The van der Waals surface area contributed by atoms with E-state index in [-0.39, 0.29) is 17.0 Å². The summed E-state index contributed by atoms with van der Waals surface area (Å²) in [5.74, 6) is -0.352. The van der Waals surface area contributed by atoms with E-state index < -0.39 is 20.9 Å². The van der Waals surface area contributed by atoms with E-state index in [0.29, 0.717) is 28.3 Å². The third kappa shape index (κ3) is 2.57. The molecule has 0 aliphatic carbocycles. The SMILES string of the molecule is O=C(c1cc2[nH]c(=O)[nH]c2cc1Br)C1CCCCS1(=O)=O. The summed E-state index contributed by atoms with van der Waals surface area (Å²) in [5, 5.41) is -0.981. The van der Waals surface area contributed by atoms with Crippen molar-refractivity contribution in [2.75, 3.05) is 5.75 Å². The van der Waals surface area contributed by atoms with E-state index in [4.69, 9.17) is 0 Å². The maximum absolute atomic E-state index is 12.6. The largest absolute Gasteiger partial charge is 0.323 e. The summed E-state index contributed by atoms with van der Waals surface area (Å²) < 4.78 is 24.6. The molecule has 0 saturated carbocycles. The maximum Gasteiger partial charge on any atom is 0.323 e. The lowest BCUT2D eigenvalue weighted by Crippen LogP contribution is -2.35. The van der Waals surface area contributed by atoms with Gasteiger partial charge in [0.2, 0.25) is 0 Å². The Morgan fingerprint density at radius 3 is 2.52 bits per heavy atom. The van der Waals surface area contributed by atoms with Gasteiger partial charge in [0.15, 0.2) is 15.6 Å². The van der Waals surface area contributed by atoms with Gasteiger partial charge in [0, 0.05) is 10.0 Å². The van der Waals surface area contributed by atoms with Gasteiger partial charge in [0.05, 0.1) is 16.8 Å². The molecular weight excluding hydrogens is 360 g/mol. The van der Waals surface area contributed by atoms with E-state index in [1.54, 1.807) is 6.07 Å². The molecule has 2 aromatic rings. The van der Waals surface area contributed by atoms with Crippen molar-refractivity contribution in [1.82, 2.24) is 9.97 Å². The molecule has 1 aliphatic heterocycles. The van der Waals surface area contributed by atoms with Crippen LogP contribution in [0.4, 0.5) is 0 Å². The number of carbonyl (C=O) groups is 1. The number of Topliss-reactive ketones (excluding diaryl/α,β-unsaturated/α-hetero) is 1. The van der Waals surface area contributed by atoms with Crippen LogP contribution in [0.15, 0.2) is 21.4 Å². The molecular formula is C13H13BrN2O4S. The molecule has 112 valence electrons. The number of hydrogen-bond acceptors (Lipinski definition) is 4. The molecule has 1 atom stereocenters. The predicted molar refractivity (Wildman–Crippen MR) is 82.4 cm³/mol. The van der Waals surface area contributed by atoms with Gasteiger partial charge in [-0.2, -0.15) is 0 Å². The molecule has 1 aromatic heterocycles. The standard InChI is InChI=1S/C13H13BrN2O4S/c14-8-6-10-9(15-13(18)16-10)5-7(8)12(17)11-3-1-2-4-21(11,19)20/h5-6,11H,1-4H2,(H2,15,16,18). The van der Waals surface area contributed by atoms with Crippen molar-refractivity contribution >= 4 is 42.6 Å². The third-order valence-corrected chi connectivity index (χ3v) is 6.57. The molecule has 3 rings (SSSR count). The van der Waals surface area contributed by atoms with Crippen LogP contribution in [0.3, 0.4) is 0 Å². The number of hydrogen-bond donors (Lipinski definition) is 2. The Morgan fingerprint density at radius 1 is 1.19 bits per heavy atom. The van der Waals surface area contributed by atoms with Crippen LogP contribution in [-0.2, 0) is 9.84 Å². The quantitative estimate of drug-likeness (QED) is 0.784. The molecule has 0 bridgehead atoms. The molecule has 1 fully saturated rings. The molecule has 1 aliphatic rings. The summed E-state index contributed by atoms with van der Waals surface area (Å²) in [5.41, 5.74) is 0.967. The average molecular weight is 373 g/mol. The minimum atomic E-state index is -3.39. The van der Waals surface area contributed by atoms with Gasteiger partial charge in [-0.3, -0.25) is 4.79 Å². The summed E-state index contributed by atoms with van der Waals surface area (Å²) in [6, 6.07) is 3.12. The highest BCUT2D eigenvalue weighted by Gasteiger charge is 2.36. The topological polar surface area (TPSA) is 99.9 Å². The Balaban J connectivity index is 2.08. The fourth-order valence-electron chi connectivity index (χ4n) is 2.67. The van der Waals surface area contributed by atoms with Gasteiger partial charge in [-0.05, 0) is 40.9 Å². The average Bonchev–Trinajstić information content (AvgIpc) is 2.75. The van der Waals surface area contributed by atoms with Crippen LogP contribution in [0, 0.1) is 0 Å². The lowest BCUT2D eigenvalue weighted by Gasteiger charge is -2.21. The van der Waals surface area contributed by atoms with E-state index in [9.17, 15) is 18.0 Å². The molecule has 1 unspecified atom stereocenters. The number of aromatic nitrogens is 2. The zero-order chi connectivity index (χ0) is 15.2. The summed E-state index contributed by atoms with van der Waals surface area (Å²) in [6.45, 7) is 0. The lowest BCUT2D eigenvalue weighted by molar-refractivity contribution is 0.0981. The number of aromatic amines is 2. The smallest absolute Gasteiger partial charge is 0.306 e. The van der Waals surface area contributed by atoms with Crippen LogP contribution in [0.2, 0.25) is 0 Å². The summed E-state index contributed by atoms with van der Waals surface area (Å²) >= 11 is 3.28. The molecule has 21 heavy (non-hydrogen) atoms. The predicted octanol–water partition coefficient (Wildman–Crippen LogP) is 1.77. The Bertz CT molecular complexity index is 881. The molecule has 0 spiro atoms. The molecule has 1 aromatic carbocycles. The van der Waals surface area contributed by atoms with Gasteiger partial charge >= 0.3 is 5.69 Å². The van der Waals surface area contributed by atoms with Crippen molar-refractivity contribution in [1.29, 1.82) is 0 Å². The first-order valence-corrected chi connectivity index (χ1v) is 9.06. The van der Waals surface area contributed by atoms with Crippen LogP contribution >= 0.6 is 15.9 Å². The molecule has 0 amide bonds. The Morgan fingerprint density at radius 2 is 1.86 bits per heavy atom. The second kappa shape index (κ2) is 5.10. The van der Waals surface area contributed by atoms with Crippen LogP contribution in [0.1, 0.15) is 29.6 Å². The van der Waals surface area contributed by atoms with Gasteiger partial charge in [-0.15, -0.1) is 0 Å². The number of rotatable bonds is 2. The molecule has 0 radical (unpaired) electrons. The molecule has 1 saturated heterocycles. The number of sulfone groups is 1. The van der Waals surface area contributed by atoms with Crippen molar-refractivity contribution in [3.8, 4) is 0 Å². The zero-order valence-corrected chi connectivity index (χ0v) is 13.4. The van der Waals surface area contributed by atoms with Gasteiger partial charge in [0.1, 0.15) is 5.25 Å². The van der Waals surface area contributed by atoms with Crippen LogP contribution < -0.4 is 5.69 Å². The monoisotopic (exact) mass is 372 g/mol. The number of fused-ring (bicyclic) bond motifs is 1. The fourth-order valence-corrected chi connectivity index (χ4v) is 5.08. The van der Waals surface area contributed by atoms with E-state index in [2.05, 4.69) is 25.9 Å². The lowest BCUT2D eigenvalue weighted by atomic mass is 10.0. The van der Waals surface area contributed by atoms with E-state index >= 15 is 0 Å². The first-order chi connectivity index (χ1) is 9.88. The number of carbonyl (C=O) groups excluding carboxylic acids is 1. The zero-order valence-electron chi connectivity index (χ0n) is 11.0. The highest BCUT2D eigenvalue weighted by atomic mass is 79.9. The van der Waals surface area contributed by atoms with Crippen molar-refractivity contribution in [3.05, 3.63) is 32.7 Å². The van der Waals surface area contributed by atoms with E-state index in [1.807, 2.05) is 0 Å². The maximum atomic E-state index is 12.6. The first kappa shape index (κ1) is 14.5. The summed E-state index contributed by atoms with van der Waals surface area (Å²) in [4.78, 5) is 29.0. The Kier molecular flexibility index (Phi) is 3.53. The number of halogens is 1. The second-order valence-corrected chi connectivity index (χ2v) is 8.33. The van der Waals surface area contributed by atoms with E-state index in [0.717, 1.165) is 6.42 Å². The number of benzene rings is 1. The number of H-pyrrole nitrogens is 2. The fraction of sp³-hybridized carbons (Fsp3) is 0.385. The molecule has 8 heteroatoms. The van der Waals surface area contributed by atoms with Crippen molar-refractivity contribution in [2.45, 2.75) is 24.5 Å². The van der Waals surface area contributed by atoms with Gasteiger partial charge < -0.3 is 9.97 Å². The Labute approximate surface area is 129 Å². The highest BCUT2D eigenvalue weighted by Crippen LogP contribution is 2.28.